The van der Waals surface area contributed by atoms with E-state index in [2.05, 4.69) is 44.0 Å². The molecule has 2 atom stereocenters. The summed E-state index contributed by atoms with van der Waals surface area (Å²) >= 11 is 6.95. The largest absolute Gasteiger partial charge is 0.248 e. The third kappa shape index (κ3) is 4.52. The van der Waals surface area contributed by atoms with Crippen molar-refractivity contribution in [2.75, 3.05) is 5.33 Å². The Hall–Kier alpha value is 0.0400. The van der Waals surface area contributed by atoms with Crippen molar-refractivity contribution in [3.63, 3.8) is 0 Å². The van der Waals surface area contributed by atoms with Gasteiger partial charge in [0, 0.05) is 22.6 Å². The predicted molar refractivity (Wildman–Crippen MR) is 82.2 cm³/mol. The van der Waals surface area contributed by atoms with E-state index in [4.69, 9.17) is 0 Å². The first-order valence-electron chi connectivity index (χ1n) is 6.69. The Kier molecular flexibility index (Phi) is 5.41. The first-order valence-corrected chi connectivity index (χ1v) is 8.61. The second kappa shape index (κ2) is 6.66. The van der Waals surface area contributed by atoms with Crippen LogP contribution in [-0.2, 0) is 0 Å². The molecule has 1 aliphatic carbocycles. The average Bonchev–Trinajstić information content (AvgIpc) is 2.36. The molecule has 0 heterocycles. The Bertz CT molecular complexity index is 403. The highest BCUT2D eigenvalue weighted by Gasteiger charge is 2.36. The van der Waals surface area contributed by atoms with Crippen molar-refractivity contribution in [1.29, 1.82) is 0 Å². The Morgan fingerprint density at radius 1 is 1.26 bits per heavy atom. The van der Waals surface area contributed by atoms with E-state index in [0.717, 1.165) is 22.6 Å². The van der Waals surface area contributed by atoms with Crippen molar-refractivity contribution in [3.8, 4) is 0 Å². The quantitative estimate of drug-likeness (QED) is 0.537. The van der Waals surface area contributed by atoms with Crippen LogP contribution < -0.4 is 0 Å². The highest BCUT2D eigenvalue weighted by Crippen LogP contribution is 2.41. The first-order chi connectivity index (χ1) is 9.00. The van der Waals surface area contributed by atoms with Crippen molar-refractivity contribution in [2.24, 2.45) is 5.92 Å². The third-order valence-electron chi connectivity index (χ3n) is 3.89. The summed E-state index contributed by atoms with van der Waals surface area (Å²) in [5.74, 6) is -1.97. The van der Waals surface area contributed by atoms with Gasteiger partial charge in [-0.2, -0.15) is 0 Å². The Morgan fingerprint density at radius 2 is 1.95 bits per heavy atom. The van der Waals surface area contributed by atoms with E-state index in [1.807, 2.05) is 12.1 Å². The molecule has 2 rings (SSSR count). The van der Waals surface area contributed by atoms with Crippen LogP contribution in [0.5, 0.6) is 0 Å². The van der Waals surface area contributed by atoms with Crippen molar-refractivity contribution < 1.29 is 8.78 Å². The lowest BCUT2D eigenvalue weighted by Gasteiger charge is -2.31. The highest BCUT2D eigenvalue weighted by atomic mass is 79.9. The lowest BCUT2D eigenvalue weighted by atomic mass is 9.80. The molecule has 1 fully saturated rings. The van der Waals surface area contributed by atoms with E-state index < -0.39 is 5.92 Å². The molecule has 0 N–H and O–H groups in total. The topological polar surface area (TPSA) is 0 Å². The van der Waals surface area contributed by atoms with Gasteiger partial charge in [0.25, 0.3) is 0 Å². The minimum atomic E-state index is -2.44. The number of alkyl halides is 3. The predicted octanol–water partition coefficient (Wildman–Crippen LogP) is 6.14. The molecule has 0 radical (unpaired) electrons. The molecule has 1 aromatic carbocycles. The maximum absolute atomic E-state index is 13.4. The SMILES string of the molecule is FC1(F)CCCC(CC(CBr)c2ccc(Br)cc2)C1. The highest BCUT2D eigenvalue weighted by molar-refractivity contribution is 9.10. The Morgan fingerprint density at radius 3 is 2.53 bits per heavy atom. The van der Waals surface area contributed by atoms with Gasteiger partial charge in [-0.15, -0.1) is 0 Å². The molecule has 19 heavy (non-hydrogen) atoms. The summed E-state index contributed by atoms with van der Waals surface area (Å²) in [6, 6.07) is 8.19. The Labute approximate surface area is 130 Å². The van der Waals surface area contributed by atoms with Crippen LogP contribution in [-0.4, -0.2) is 11.3 Å². The smallest absolute Gasteiger partial charge is 0.207 e. The van der Waals surface area contributed by atoms with Crippen LogP contribution in [0.25, 0.3) is 0 Å². The minimum Gasteiger partial charge on any atom is -0.207 e. The standard InChI is InChI=1S/C15H18Br2F2/c16-10-13(12-3-5-14(17)6-4-12)8-11-2-1-7-15(18,19)9-11/h3-6,11,13H,1-2,7-10H2. The maximum atomic E-state index is 13.4. The summed E-state index contributed by atoms with van der Waals surface area (Å²) < 4.78 is 27.9. The second-order valence-electron chi connectivity index (χ2n) is 5.46. The van der Waals surface area contributed by atoms with Crippen molar-refractivity contribution in [1.82, 2.24) is 0 Å². The van der Waals surface area contributed by atoms with Crippen LogP contribution in [0.3, 0.4) is 0 Å². The fourth-order valence-electron chi connectivity index (χ4n) is 2.90. The van der Waals surface area contributed by atoms with Crippen molar-refractivity contribution in [3.05, 3.63) is 34.3 Å². The molecule has 0 nitrogen and oxygen atoms in total. The van der Waals surface area contributed by atoms with E-state index in [-0.39, 0.29) is 18.8 Å². The van der Waals surface area contributed by atoms with Gasteiger partial charge in [-0.25, -0.2) is 8.78 Å². The number of hydrogen-bond donors (Lipinski definition) is 0. The minimum absolute atomic E-state index is 0.0625. The maximum Gasteiger partial charge on any atom is 0.248 e. The molecule has 4 heteroatoms. The van der Waals surface area contributed by atoms with E-state index in [0.29, 0.717) is 12.3 Å². The zero-order chi connectivity index (χ0) is 13.9. The summed E-state index contributed by atoms with van der Waals surface area (Å²) in [5.41, 5.74) is 1.23. The lowest BCUT2D eigenvalue weighted by molar-refractivity contribution is -0.0541. The third-order valence-corrected chi connectivity index (χ3v) is 5.20. The van der Waals surface area contributed by atoms with E-state index >= 15 is 0 Å². The molecule has 0 spiro atoms. The summed E-state index contributed by atoms with van der Waals surface area (Å²) in [6.07, 6.45) is 2.58. The zero-order valence-corrected chi connectivity index (χ0v) is 13.9. The summed E-state index contributed by atoms with van der Waals surface area (Å²) in [6.45, 7) is 0. The zero-order valence-electron chi connectivity index (χ0n) is 10.7. The van der Waals surface area contributed by atoms with Gasteiger partial charge < -0.3 is 0 Å². The molecule has 0 bridgehead atoms. The monoisotopic (exact) mass is 394 g/mol. The number of halogens is 4. The van der Waals surface area contributed by atoms with Crippen LogP contribution in [0.2, 0.25) is 0 Å². The molecule has 106 valence electrons. The van der Waals surface area contributed by atoms with Crippen LogP contribution in [0, 0.1) is 5.92 Å². The number of hydrogen-bond acceptors (Lipinski definition) is 0. The van der Waals surface area contributed by atoms with Crippen molar-refractivity contribution in [2.45, 2.75) is 43.9 Å². The Balaban J connectivity index is 2.01. The summed E-state index contributed by atoms with van der Waals surface area (Å²) in [5, 5.41) is 0.830. The lowest BCUT2D eigenvalue weighted by Crippen LogP contribution is -2.27. The molecular formula is C15H18Br2F2. The molecule has 0 saturated heterocycles. The molecule has 0 aliphatic heterocycles. The summed E-state index contributed by atoms with van der Waals surface area (Å²) in [7, 11) is 0. The molecule has 0 amide bonds. The van der Waals surface area contributed by atoms with Gasteiger partial charge in [0.1, 0.15) is 0 Å². The van der Waals surface area contributed by atoms with E-state index in [1.54, 1.807) is 0 Å². The van der Waals surface area contributed by atoms with Crippen LogP contribution >= 0.6 is 31.9 Å². The van der Waals surface area contributed by atoms with Gasteiger partial charge in [-0.05, 0) is 48.8 Å². The first kappa shape index (κ1) is 15.4. The van der Waals surface area contributed by atoms with Crippen molar-refractivity contribution >= 4 is 31.9 Å². The van der Waals surface area contributed by atoms with Gasteiger partial charge in [-0.1, -0.05) is 44.0 Å². The molecule has 0 aromatic heterocycles. The van der Waals surface area contributed by atoms with Crippen LogP contribution in [0.15, 0.2) is 28.7 Å². The van der Waals surface area contributed by atoms with E-state index in [1.165, 1.54) is 5.56 Å². The normalized spacial score (nSPS) is 24.1. The van der Waals surface area contributed by atoms with E-state index in [9.17, 15) is 8.78 Å². The van der Waals surface area contributed by atoms with Gasteiger partial charge in [0.05, 0.1) is 0 Å². The molecule has 1 aromatic rings. The molecule has 2 unspecified atom stereocenters. The fraction of sp³-hybridized carbons (Fsp3) is 0.600. The average molecular weight is 396 g/mol. The van der Waals surface area contributed by atoms with Gasteiger partial charge in [0.15, 0.2) is 0 Å². The molecule has 1 aliphatic rings. The fourth-order valence-corrected chi connectivity index (χ4v) is 3.80. The van der Waals surface area contributed by atoms with Gasteiger partial charge >= 0.3 is 0 Å². The van der Waals surface area contributed by atoms with Gasteiger partial charge in [-0.3, -0.25) is 0 Å². The summed E-state index contributed by atoms with van der Waals surface area (Å²) in [4.78, 5) is 0. The number of benzene rings is 1. The van der Waals surface area contributed by atoms with Crippen LogP contribution in [0.4, 0.5) is 8.78 Å². The number of rotatable bonds is 4. The van der Waals surface area contributed by atoms with Crippen LogP contribution in [0.1, 0.15) is 43.6 Å². The second-order valence-corrected chi connectivity index (χ2v) is 7.02. The molecular weight excluding hydrogens is 378 g/mol. The molecule has 1 saturated carbocycles. The van der Waals surface area contributed by atoms with Gasteiger partial charge in [0.2, 0.25) is 5.92 Å².